The lowest BCUT2D eigenvalue weighted by atomic mass is 10.2. The molecule has 2 rings (SSSR count). The molecule has 0 aliphatic carbocycles. The Labute approximate surface area is 84.7 Å². The molecule has 3 nitrogen and oxygen atoms in total. The largest absolute Gasteiger partial charge is 0.494 e. The van der Waals surface area contributed by atoms with Crippen LogP contribution in [-0.4, -0.2) is 16.1 Å². The number of alkyl halides is 2. The number of aromatic nitrogens is 1. The number of nitrogens with two attached hydrogens (primary N) is 1. The minimum Gasteiger partial charge on any atom is -0.494 e. The highest BCUT2D eigenvalue weighted by atomic mass is 19.3. The SMILES string of the molecule is Nc1cccc2cn(CC(F)F)c(O)c12. The number of hydrogen-bond donors (Lipinski definition) is 2. The number of nitrogen functional groups attached to an aromatic ring is 1. The third kappa shape index (κ3) is 1.60. The molecule has 3 N–H and O–H groups in total. The van der Waals surface area contributed by atoms with Crippen LogP contribution in [0.5, 0.6) is 5.88 Å². The van der Waals surface area contributed by atoms with E-state index in [1.807, 2.05) is 0 Å². The van der Waals surface area contributed by atoms with Crippen LogP contribution >= 0.6 is 0 Å². The van der Waals surface area contributed by atoms with Crippen LogP contribution < -0.4 is 5.73 Å². The Kier molecular flexibility index (Phi) is 2.22. The molecule has 0 spiro atoms. The topological polar surface area (TPSA) is 51.2 Å². The molecule has 15 heavy (non-hydrogen) atoms. The van der Waals surface area contributed by atoms with Crippen molar-refractivity contribution in [2.45, 2.75) is 13.0 Å². The lowest BCUT2D eigenvalue weighted by Gasteiger charge is -2.03. The highest BCUT2D eigenvalue weighted by Gasteiger charge is 2.13. The normalized spacial score (nSPS) is 11.4. The summed E-state index contributed by atoms with van der Waals surface area (Å²) >= 11 is 0. The zero-order valence-electron chi connectivity index (χ0n) is 7.82. The van der Waals surface area contributed by atoms with Crippen molar-refractivity contribution in [3.05, 3.63) is 24.4 Å². The number of halogens is 2. The number of hydrogen-bond acceptors (Lipinski definition) is 2. The van der Waals surface area contributed by atoms with Crippen molar-refractivity contribution in [1.82, 2.24) is 4.57 Å². The Bertz CT molecular complexity index is 493. The molecule has 0 saturated carbocycles. The van der Waals surface area contributed by atoms with Gasteiger partial charge in [-0.25, -0.2) is 8.78 Å². The molecule has 1 heterocycles. The fourth-order valence-electron chi connectivity index (χ4n) is 1.62. The second kappa shape index (κ2) is 3.42. The average molecular weight is 212 g/mol. The van der Waals surface area contributed by atoms with Crippen molar-refractivity contribution in [1.29, 1.82) is 0 Å². The van der Waals surface area contributed by atoms with Gasteiger partial charge in [-0.05, 0) is 6.07 Å². The number of nitrogens with zero attached hydrogens (tertiary/aromatic N) is 1. The Balaban J connectivity index is 2.59. The maximum atomic E-state index is 12.2. The van der Waals surface area contributed by atoms with Crippen LogP contribution in [0.1, 0.15) is 0 Å². The number of benzene rings is 1. The number of rotatable bonds is 2. The van der Waals surface area contributed by atoms with Crippen molar-refractivity contribution in [2.24, 2.45) is 0 Å². The van der Waals surface area contributed by atoms with Gasteiger partial charge in [-0.2, -0.15) is 0 Å². The van der Waals surface area contributed by atoms with E-state index in [4.69, 9.17) is 5.73 Å². The summed E-state index contributed by atoms with van der Waals surface area (Å²) in [6.45, 7) is -0.528. The van der Waals surface area contributed by atoms with Crippen molar-refractivity contribution in [2.75, 3.05) is 5.73 Å². The van der Waals surface area contributed by atoms with Crippen molar-refractivity contribution in [3.8, 4) is 5.88 Å². The molecule has 0 fully saturated rings. The van der Waals surface area contributed by atoms with Crippen LogP contribution in [0, 0.1) is 0 Å². The quantitative estimate of drug-likeness (QED) is 0.750. The highest BCUT2D eigenvalue weighted by molar-refractivity contribution is 5.97. The first kappa shape index (κ1) is 9.76. The van der Waals surface area contributed by atoms with Crippen LogP contribution in [0.15, 0.2) is 24.4 Å². The van der Waals surface area contributed by atoms with Crippen LogP contribution in [0.4, 0.5) is 14.5 Å². The van der Waals surface area contributed by atoms with E-state index in [9.17, 15) is 13.9 Å². The van der Waals surface area contributed by atoms with Crippen LogP contribution in [0.3, 0.4) is 0 Å². The Morgan fingerprint density at radius 3 is 2.73 bits per heavy atom. The predicted molar refractivity (Wildman–Crippen MR) is 54.0 cm³/mol. The Hall–Kier alpha value is -1.78. The molecule has 0 aliphatic rings. The summed E-state index contributed by atoms with van der Waals surface area (Å²) < 4.78 is 25.4. The zero-order valence-corrected chi connectivity index (χ0v) is 7.82. The maximum absolute atomic E-state index is 12.2. The molecule has 0 atom stereocenters. The molecule has 0 aliphatic heterocycles. The van der Waals surface area contributed by atoms with E-state index in [1.165, 1.54) is 6.20 Å². The molecule has 0 bridgehead atoms. The van der Waals surface area contributed by atoms with Gasteiger partial charge >= 0.3 is 0 Å². The Morgan fingerprint density at radius 2 is 2.13 bits per heavy atom. The average Bonchev–Trinajstić information content (AvgIpc) is 2.44. The summed E-state index contributed by atoms with van der Waals surface area (Å²) in [5.41, 5.74) is 6.03. The number of anilines is 1. The number of aromatic hydroxyl groups is 1. The molecule has 0 unspecified atom stereocenters. The Morgan fingerprint density at radius 1 is 1.40 bits per heavy atom. The van der Waals surface area contributed by atoms with E-state index in [0.717, 1.165) is 4.57 Å². The van der Waals surface area contributed by atoms with Gasteiger partial charge < -0.3 is 15.4 Å². The van der Waals surface area contributed by atoms with E-state index < -0.39 is 13.0 Å². The van der Waals surface area contributed by atoms with Gasteiger partial charge in [-0.15, -0.1) is 0 Å². The third-order valence-corrected chi connectivity index (χ3v) is 2.25. The van der Waals surface area contributed by atoms with Gasteiger partial charge in [-0.1, -0.05) is 12.1 Å². The smallest absolute Gasteiger partial charge is 0.256 e. The van der Waals surface area contributed by atoms with Crippen LogP contribution in [0.2, 0.25) is 0 Å². The van der Waals surface area contributed by atoms with E-state index in [2.05, 4.69) is 0 Å². The molecule has 80 valence electrons. The minimum absolute atomic E-state index is 0.205. The van der Waals surface area contributed by atoms with Gasteiger partial charge in [0.25, 0.3) is 6.43 Å². The van der Waals surface area contributed by atoms with E-state index >= 15 is 0 Å². The van der Waals surface area contributed by atoms with Gasteiger partial charge in [0.1, 0.15) is 0 Å². The van der Waals surface area contributed by atoms with Gasteiger partial charge in [0.2, 0.25) is 5.88 Å². The number of fused-ring (bicyclic) bond motifs is 1. The van der Waals surface area contributed by atoms with E-state index in [0.29, 0.717) is 16.5 Å². The molecule has 0 amide bonds. The first-order valence-electron chi connectivity index (χ1n) is 4.44. The fourth-order valence-corrected chi connectivity index (χ4v) is 1.62. The molecule has 0 radical (unpaired) electrons. The molecular weight excluding hydrogens is 202 g/mol. The van der Waals surface area contributed by atoms with Gasteiger partial charge in [0.15, 0.2) is 0 Å². The summed E-state index contributed by atoms with van der Waals surface area (Å²) in [6.07, 6.45) is -1.04. The molecule has 1 aromatic heterocycles. The monoisotopic (exact) mass is 212 g/mol. The van der Waals surface area contributed by atoms with Gasteiger partial charge in [0, 0.05) is 17.3 Å². The fraction of sp³-hybridized carbons (Fsp3) is 0.200. The second-order valence-electron chi connectivity index (χ2n) is 3.31. The summed E-state index contributed by atoms with van der Waals surface area (Å²) in [6, 6.07) is 5.05. The second-order valence-corrected chi connectivity index (χ2v) is 3.31. The lowest BCUT2D eigenvalue weighted by Crippen LogP contribution is -2.04. The predicted octanol–water partition coefficient (Wildman–Crippen LogP) is 2.19. The summed E-state index contributed by atoms with van der Waals surface area (Å²) in [5, 5.41) is 10.8. The van der Waals surface area contributed by atoms with E-state index in [1.54, 1.807) is 18.2 Å². The summed E-state index contributed by atoms with van der Waals surface area (Å²) in [7, 11) is 0. The highest BCUT2D eigenvalue weighted by Crippen LogP contribution is 2.32. The summed E-state index contributed by atoms with van der Waals surface area (Å²) in [4.78, 5) is 0. The third-order valence-electron chi connectivity index (χ3n) is 2.25. The molecule has 5 heteroatoms. The van der Waals surface area contributed by atoms with Crippen molar-refractivity contribution >= 4 is 16.5 Å². The molecular formula is C10H10F2N2O. The maximum Gasteiger partial charge on any atom is 0.256 e. The van der Waals surface area contributed by atoms with Crippen LogP contribution in [-0.2, 0) is 6.54 Å². The first-order valence-corrected chi connectivity index (χ1v) is 4.44. The minimum atomic E-state index is -2.50. The molecule has 0 saturated heterocycles. The standard InChI is InChI=1S/C10H10F2N2O/c11-8(12)5-14-4-6-2-1-3-7(13)9(6)10(14)15/h1-4,8,15H,5,13H2. The molecule has 1 aromatic carbocycles. The zero-order chi connectivity index (χ0) is 11.0. The van der Waals surface area contributed by atoms with Crippen molar-refractivity contribution in [3.63, 3.8) is 0 Å². The van der Waals surface area contributed by atoms with Crippen molar-refractivity contribution < 1.29 is 13.9 Å². The van der Waals surface area contributed by atoms with Gasteiger partial charge in [-0.3, -0.25) is 0 Å². The van der Waals surface area contributed by atoms with Gasteiger partial charge in [0.05, 0.1) is 11.9 Å². The lowest BCUT2D eigenvalue weighted by molar-refractivity contribution is 0.123. The molecule has 2 aromatic rings. The first-order chi connectivity index (χ1) is 7.09. The van der Waals surface area contributed by atoms with Crippen LogP contribution in [0.25, 0.3) is 10.8 Å². The summed E-state index contributed by atoms with van der Waals surface area (Å²) in [5.74, 6) is -0.205. The van der Waals surface area contributed by atoms with E-state index in [-0.39, 0.29) is 5.88 Å².